The molecule has 0 saturated carbocycles. The lowest BCUT2D eigenvalue weighted by molar-refractivity contribution is -0.121. The monoisotopic (exact) mass is 450 g/mol. The quantitative estimate of drug-likeness (QED) is 0.404. The van der Waals surface area contributed by atoms with Crippen LogP contribution < -0.4 is 10.9 Å². The highest BCUT2D eigenvalue weighted by molar-refractivity contribution is 6.06. The average Bonchev–Trinajstić information content (AvgIpc) is 3.54. The molecule has 11 heteroatoms. The Morgan fingerprint density at radius 3 is 2.91 bits per heavy atom. The number of benzene rings is 1. The van der Waals surface area contributed by atoms with Crippen molar-refractivity contribution in [1.29, 1.82) is 0 Å². The molecule has 0 aliphatic rings. The van der Waals surface area contributed by atoms with Gasteiger partial charge >= 0.3 is 0 Å². The summed E-state index contributed by atoms with van der Waals surface area (Å²) >= 11 is 0. The number of carbonyl (C=O) groups is 1. The van der Waals surface area contributed by atoms with Crippen molar-refractivity contribution >= 4 is 27.8 Å². The zero-order valence-corrected chi connectivity index (χ0v) is 17.6. The smallest absolute Gasteiger partial charge is 0.278 e. The van der Waals surface area contributed by atoms with Gasteiger partial charge in [0.15, 0.2) is 5.82 Å². The Labute approximate surface area is 185 Å². The minimum atomic E-state index is -0.465. The molecule has 0 unspecified atom stereocenters. The molecule has 0 aliphatic carbocycles. The van der Waals surface area contributed by atoms with E-state index in [2.05, 4.69) is 20.4 Å². The number of hydrogen-bond acceptors (Lipinski definition) is 7. The molecule has 5 rings (SSSR count). The van der Waals surface area contributed by atoms with Gasteiger partial charge in [0.05, 0.1) is 24.7 Å². The number of aryl methyl sites for hydroxylation is 1. The summed E-state index contributed by atoms with van der Waals surface area (Å²) in [6.45, 7) is 1.96. The van der Waals surface area contributed by atoms with Crippen molar-refractivity contribution in [3.8, 4) is 0 Å². The second-order valence-corrected chi connectivity index (χ2v) is 7.44. The molecule has 0 saturated heterocycles. The highest BCUT2D eigenvalue weighted by Gasteiger charge is 2.20. The fraction of sp³-hybridized carbons (Fsp3) is 0.227. The van der Waals surface area contributed by atoms with Crippen LogP contribution >= 0.6 is 0 Å². The van der Waals surface area contributed by atoms with E-state index in [1.165, 1.54) is 35.4 Å². The van der Waals surface area contributed by atoms with Gasteiger partial charge < -0.3 is 18.8 Å². The first-order valence-corrected chi connectivity index (χ1v) is 10.3. The molecule has 1 amide bonds. The lowest BCUT2D eigenvalue weighted by atomic mass is 10.2. The van der Waals surface area contributed by atoms with Crippen LogP contribution in [0.4, 0.5) is 4.39 Å². The van der Waals surface area contributed by atoms with Gasteiger partial charge in [-0.15, -0.1) is 0 Å². The van der Waals surface area contributed by atoms with Crippen LogP contribution in [0.3, 0.4) is 0 Å². The van der Waals surface area contributed by atoms with Crippen LogP contribution in [-0.4, -0.2) is 30.2 Å². The first kappa shape index (κ1) is 20.6. The van der Waals surface area contributed by atoms with Gasteiger partial charge in [0.1, 0.15) is 35.7 Å². The molecule has 1 aromatic carbocycles. The third-order valence-electron chi connectivity index (χ3n) is 5.26. The zero-order chi connectivity index (χ0) is 22.9. The van der Waals surface area contributed by atoms with Gasteiger partial charge in [0.2, 0.25) is 11.8 Å². The van der Waals surface area contributed by atoms with E-state index in [-0.39, 0.29) is 36.9 Å². The van der Waals surface area contributed by atoms with Gasteiger partial charge in [-0.1, -0.05) is 12.1 Å². The molecule has 33 heavy (non-hydrogen) atoms. The third-order valence-corrected chi connectivity index (χ3v) is 5.26. The molecule has 168 valence electrons. The lowest BCUT2D eigenvalue weighted by Crippen LogP contribution is -2.29. The van der Waals surface area contributed by atoms with Crippen molar-refractivity contribution < 1.29 is 18.1 Å². The van der Waals surface area contributed by atoms with E-state index in [1.54, 1.807) is 16.7 Å². The van der Waals surface area contributed by atoms with Gasteiger partial charge in [-0.25, -0.2) is 9.37 Å². The van der Waals surface area contributed by atoms with Crippen molar-refractivity contribution in [3.63, 3.8) is 0 Å². The van der Waals surface area contributed by atoms with Gasteiger partial charge in [-0.05, 0) is 30.3 Å². The molecule has 1 N–H and O–H groups in total. The number of carbonyl (C=O) groups excluding carboxylic acids is 1. The van der Waals surface area contributed by atoms with Crippen molar-refractivity contribution in [2.24, 2.45) is 0 Å². The topological polar surface area (TPSA) is 121 Å². The first-order valence-electron chi connectivity index (χ1n) is 10.3. The first-order chi connectivity index (χ1) is 16.0. The van der Waals surface area contributed by atoms with Crippen LogP contribution in [0.25, 0.3) is 21.9 Å². The molecule has 0 atom stereocenters. The molecular weight excluding hydrogens is 431 g/mol. The molecular formula is C22H19FN6O4. The number of aromatic nitrogens is 5. The van der Waals surface area contributed by atoms with E-state index < -0.39 is 11.4 Å². The molecule has 0 spiro atoms. The molecule has 4 aromatic heterocycles. The average molecular weight is 450 g/mol. The third kappa shape index (κ3) is 3.88. The Morgan fingerprint density at radius 1 is 1.27 bits per heavy atom. The van der Waals surface area contributed by atoms with Crippen molar-refractivity contribution in [1.82, 2.24) is 29.6 Å². The number of rotatable bonds is 7. The van der Waals surface area contributed by atoms with E-state index in [4.69, 9.17) is 8.94 Å². The minimum absolute atomic E-state index is 0.0232. The fourth-order valence-corrected chi connectivity index (χ4v) is 3.69. The highest BCUT2D eigenvalue weighted by Crippen LogP contribution is 2.26. The van der Waals surface area contributed by atoms with Crippen LogP contribution in [0.5, 0.6) is 0 Å². The summed E-state index contributed by atoms with van der Waals surface area (Å²) in [5.41, 5.74) is 0.602. The second kappa shape index (κ2) is 8.34. The van der Waals surface area contributed by atoms with E-state index in [1.807, 2.05) is 6.92 Å². The lowest BCUT2D eigenvalue weighted by Gasteiger charge is -2.08. The number of halogens is 1. The maximum Gasteiger partial charge on any atom is 0.278 e. The standard InChI is InChI=1S/C22H19FN6O4/c1-2-17-26-19(33-27-17)11-28-12-25-20-15-8-13(23)5-6-16(15)29(21(20)22(28)31)10-18(30)24-9-14-4-3-7-32-14/h3-8,12H,2,9-11H2,1H3,(H,24,30). The summed E-state index contributed by atoms with van der Waals surface area (Å²) in [7, 11) is 0. The Bertz CT molecular complexity index is 1520. The summed E-state index contributed by atoms with van der Waals surface area (Å²) < 4.78 is 27.3. The van der Waals surface area contributed by atoms with E-state index in [0.29, 0.717) is 34.4 Å². The number of fused-ring (bicyclic) bond motifs is 3. The summed E-state index contributed by atoms with van der Waals surface area (Å²) in [5.74, 6) is 0.592. The highest BCUT2D eigenvalue weighted by atomic mass is 19.1. The second-order valence-electron chi connectivity index (χ2n) is 7.44. The summed E-state index contributed by atoms with van der Waals surface area (Å²) in [6.07, 6.45) is 3.47. The van der Waals surface area contributed by atoms with Crippen LogP contribution in [0.1, 0.15) is 24.4 Å². The van der Waals surface area contributed by atoms with Crippen molar-refractivity contribution in [2.45, 2.75) is 33.0 Å². The maximum absolute atomic E-state index is 14.0. The molecule has 4 heterocycles. The Hall–Kier alpha value is -4.28. The normalized spacial score (nSPS) is 11.5. The van der Waals surface area contributed by atoms with Crippen LogP contribution in [0.15, 0.2) is 56.7 Å². The number of nitrogens with zero attached hydrogens (tertiary/aromatic N) is 5. The predicted molar refractivity (Wildman–Crippen MR) is 115 cm³/mol. The fourth-order valence-electron chi connectivity index (χ4n) is 3.69. The largest absolute Gasteiger partial charge is 0.467 e. The van der Waals surface area contributed by atoms with Crippen LogP contribution in [-0.2, 0) is 30.8 Å². The number of nitrogens with one attached hydrogen (secondary N) is 1. The van der Waals surface area contributed by atoms with Gasteiger partial charge in [-0.3, -0.25) is 14.2 Å². The maximum atomic E-state index is 14.0. The predicted octanol–water partition coefficient (Wildman–Crippen LogP) is 2.39. The van der Waals surface area contributed by atoms with E-state index in [9.17, 15) is 14.0 Å². The van der Waals surface area contributed by atoms with Crippen molar-refractivity contribution in [2.75, 3.05) is 0 Å². The van der Waals surface area contributed by atoms with Gasteiger partial charge in [-0.2, -0.15) is 4.98 Å². The molecule has 10 nitrogen and oxygen atoms in total. The van der Waals surface area contributed by atoms with Crippen molar-refractivity contribution in [3.05, 3.63) is 76.6 Å². The summed E-state index contributed by atoms with van der Waals surface area (Å²) in [4.78, 5) is 34.7. The number of hydrogen-bond donors (Lipinski definition) is 1. The minimum Gasteiger partial charge on any atom is -0.467 e. The molecule has 0 fully saturated rings. The summed E-state index contributed by atoms with van der Waals surface area (Å²) in [6, 6.07) is 7.58. The Morgan fingerprint density at radius 2 is 2.15 bits per heavy atom. The van der Waals surface area contributed by atoms with Crippen LogP contribution in [0, 0.1) is 5.82 Å². The molecule has 5 aromatic rings. The molecule has 0 aliphatic heterocycles. The molecule has 0 radical (unpaired) electrons. The number of furan rings is 1. The number of amides is 1. The van der Waals surface area contributed by atoms with Gasteiger partial charge in [0.25, 0.3) is 5.56 Å². The Kier molecular flexibility index (Phi) is 5.21. The Balaban J connectivity index is 1.56. The summed E-state index contributed by atoms with van der Waals surface area (Å²) in [5, 5.41) is 7.04. The van der Waals surface area contributed by atoms with E-state index in [0.717, 1.165) is 0 Å². The molecule has 0 bridgehead atoms. The zero-order valence-electron chi connectivity index (χ0n) is 17.6. The SMILES string of the molecule is CCc1noc(Cn2cnc3c4cc(F)ccc4n(CC(=O)NCc4ccco4)c3c2=O)n1. The van der Waals surface area contributed by atoms with Gasteiger partial charge in [0, 0.05) is 11.8 Å². The van der Waals surface area contributed by atoms with E-state index >= 15 is 0 Å². The van der Waals surface area contributed by atoms with Crippen LogP contribution in [0.2, 0.25) is 0 Å².